The Morgan fingerprint density at radius 2 is 1.90 bits per heavy atom. The van der Waals surface area contributed by atoms with Gasteiger partial charge in [-0.25, -0.2) is 0 Å². The Bertz CT molecular complexity index is 352. The van der Waals surface area contributed by atoms with Gasteiger partial charge in [0.15, 0.2) is 0 Å². The lowest BCUT2D eigenvalue weighted by Gasteiger charge is -2.40. The van der Waals surface area contributed by atoms with Crippen LogP contribution in [0.5, 0.6) is 0 Å². The third kappa shape index (κ3) is 4.32. The molecule has 2 heteroatoms. The van der Waals surface area contributed by atoms with Crippen molar-refractivity contribution in [3.8, 4) is 0 Å². The van der Waals surface area contributed by atoms with E-state index in [4.69, 9.17) is 4.74 Å². The zero-order chi connectivity index (χ0) is 14.8. The molecular weight excluding hydrogens is 246 g/mol. The second kappa shape index (κ2) is 9.15. The van der Waals surface area contributed by atoms with Crippen molar-refractivity contribution in [2.75, 3.05) is 26.8 Å². The summed E-state index contributed by atoms with van der Waals surface area (Å²) in [6, 6.07) is 11.0. The van der Waals surface area contributed by atoms with Gasteiger partial charge in [0.25, 0.3) is 0 Å². The van der Waals surface area contributed by atoms with Crippen LogP contribution in [0, 0.1) is 5.92 Å². The molecule has 0 radical (unpaired) electrons. The van der Waals surface area contributed by atoms with Crippen LogP contribution in [-0.4, -0.2) is 26.8 Å². The van der Waals surface area contributed by atoms with Crippen LogP contribution in [0.15, 0.2) is 30.3 Å². The number of methoxy groups -OCH3 is 1. The first-order valence-corrected chi connectivity index (χ1v) is 7.96. The Morgan fingerprint density at radius 1 is 1.20 bits per heavy atom. The molecule has 20 heavy (non-hydrogen) atoms. The van der Waals surface area contributed by atoms with Crippen molar-refractivity contribution in [2.45, 2.75) is 45.4 Å². The van der Waals surface area contributed by atoms with E-state index in [1.165, 1.54) is 12.0 Å². The van der Waals surface area contributed by atoms with Crippen LogP contribution in [0.25, 0.3) is 0 Å². The van der Waals surface area contributed by atoms with Gasteiger partial charge in [0.1, 0.15) is 0 Å². The van der Waals surface area contributed by atoms with E-state index in [1.54, 1.807) is 7.11 Å². The molecule has 0 amide bonds. The lowest BCUT2D eigenvalue weighted by molar-refractivity contribution is 0.149. The van der Waals surface area contributed by atoms with Gasteiger partial charge in [0.05, 0.1) is 0 Å². The highest BCUT2D eigenvalue weighted by Gasteiger charge is 2.35. The summed E-state index contributed by atoms with van der Waals surface area (Å²) in [4.78, 5) is 0. The number of ether oxygens (including phenoxy) is 1. The zero-order valence-corrected chi connectivity index (χ0v) is 13.6. The first kappa shape index (κ1) is 17.2. The van der Waals surface area contributed by atoms with Crippen LogP contribution >= 0.6 is 0 Å². The van der Waals surface area contributed by atoms with Crippen molar-refractivity contribution in [2.24, 2.45) is 5.92 Å². The Balaban J connectivity index is 2.95. The normalized spacial score (nSPS) is 15.8. The zero-order valence-electron chi connectivity index (χ0n) is 13.6. The molecule has 0 aliphatic carbocycles. The van der Waals surface area contributed by atoms with Crippen molar-refractivity contribution in [1.29, 1.82) is 0 Å². The highest BCUT2D eigenvalue weighted by Crippen LogP contribution is 2.37. The van der Waals surface area contributed by atoms with Crippen LogP contribution < -0.4 is 5.32 Å². The van der Waals surface area contributed by atoms with E-state index in [9.17, 15) is 0 Å². The number of hydrogen-bond acceptors (Lipinski definition) is 2. The molecule has 1 aromatic carbocycles. The highest BCUT2D eigenvalue weighted by molar-refractivity contribution is 5.27. The number of hydrogen-bond donors (Lipinski definition) is 1. The first-order valence-electron chi connectivity index (χ1n) is 7.96. The summed E-state index contributed by atoms with van der Waals surface area (Å²) >= 11 is 0. The van der Waals surface area contributed by atoms with Gasteiger partial charge in [-0.05, 0) is 37.3 Å². The van der Waals surface area contributed by atoms with Crippen molar-refractivity contribution in [3.63, 3.8) is 0 Å². The second-order valence-corrected chi connectivity index (χ2v) is 5.74. The van der Waals surface area contributed by atoms with Gasteiger partial charge >= 0.3 is 0 Å². The molecule has 1 aromatic rings. The molecule has 0 heterocycles. The summed E-state index contributed by atoms with van der Waals surface area (Å²) < 4.78 is 5.29. The molecule has 1 rings (SSSR count). The molecule has 1 N–H and O–H groups in total. The molecule has 2 atom stereocenters. The van der Waals surface area contributed by atoms with E-state index in [-0.39, 0.29) is 5.41 Å². The van der Waals surface area contributed by atoms with Crippen molar-refractivity contribution in [1.82, 2.24) is 5.32 Å². The quantitative estimate of drug-likeness (QED) is 0.653. The second-order valence-electron chi connectivity index (χ2n) is 5.74. The maximum atomic E-state index is 5.29. The SMILES string of the molecule is CCCNCC(CC)(c1ccccc1)C(C)CCOC. The maximum Gasteiger partial charge on any atom is 0.0465 e. The van der Waals surface area contributed by atoms with Gasteiger partial charge in [-0.1, -0.05) is 51.1 Å². The van der Waals surface area contributed by atoms with Crippen LogP contribution in [0.2, 0.25) is 0 Å². The van der Waals surface area contributed by atoms with E-state index in [0.717, 1.165) is 32.5 Å². The predicted molar refractivity (Wildman–Crippen MR) is 87.2 cm³/mol. The third-order valence-electron chi connectivity index (χ3n) is 4.55. The summed E-state index contributed by atoms with van der Waals surface area (Å²) in [5.74, 6) is 0.596. The molecule has 114 valence electrons. The van der Waals surface area contributed by atoms with Crippen LogP contribution in [0.3, 0.4) is 0 Å². The van der Waals surface area contributed by atoms with Gasteiger partial charge < -0.3 is 10.1 Å². The average Bonchev–Trinajstić information content (AvgIpc) is 2.50. The topological polar surface area (TPSA) is 21.3 Å². The Labute approximate surface area is 124 Å². The molecular formula is C18H31NO. The minimum atomic E-state index is 0.203. The summed E-state index contributed by atoms with van der Waals surface area (Å²) in [6.07, 6.45) is 3.44. The van der Waals surface area contributed by atoms with Gasteiger partial charge in [-0.2, -0.15) is 0 Å². The molecule has 2 nitrogen and oxygen atoms in total. The monoisotopic (exact) mass is 277 g/mol. The number of rotatable bonds is 10. The van der Waals surface area contributed by atoms with E-state index in [2.05, 4.69) is 56.4 Å². The lowest BCUT2D eigenvalue weighted by atomic mass is 9.68. The smallest absolute Gasteiger partial charge is 0.0465 e. The molecule has 0 saturated carbocycles. The third-order valence-corrected chi connectivity index (χ3v) is 4.55. The minimum Gasteiger partial charge on any atom is -0.385 e. The van der Waals surface area contributed by atoms with E-state index >= 15 is 0 Å². The lowest BCUT2D eigenvalue weighted by Crippen LogP contribution is -2.43. The molecule has 0 aliphatic heterocycles. The van der Waals surface area contributed by atoms with Gasteiger partial charge in [-0.3, -0.25) is 0 Å². The molecule has 0 aromatic heterocycles. The molecule has 0 bridgehead atoms. The summed E-state index contributed by atoms with van der Waals surface area (Å²) in [5.41, 5.74) is 1.66. The largest absolute Gasteiger partial charge is 0.385 e. The number of nitrogens with one attached hydrogen (secondary N) is 1. The van der Waals surface area contributed by atoms with Crippen LogP contribution in [0.1, 0.15) is 45.6 Å². The molecule has 0 fully saturated rings. The van der Waals surface area contributed by atoms with E-state index < -0.39 is 0 Å². The molecule has 0 spiro atoms. The van der Waals surface area contributed by atoms with Gasteiger partial charge in [0, 0.05) is 25.7 Å². The number of benzene rings is 1. The van der Waals surface area contributed by atoms with Crippen molar-refractivity contribution < 1.29 is 4.74 Å². The van der Waals surface area contributed by atoms with Crippen molar-refractivity contribution in [3.05, 3.63) is 35.9 Å². The summed E-state index contributed by atoms with van der Waals surface area (Å²) in [6.45, 7) is 9.87. The van der Waals surface area contributed by atoms with E-state index in [1.807, 2.05) is 0 Å². The summed E-state index contributed by atoms with van der Waals surface area (Å²) in [7, 11) is 1.79. The first-order chi connectivity index (χ1) is 9.71. The van der Waals surface area contributed by atoms with Crippen LogP contribution in [0.4, 0.5) is 0 Å². The maximum absolute atomic E-state index is 5.29. The predicted octanol–water partition coefficient (Wildman–Crippen LogP) is 4.01. The molecule has 0 saturated heterocycles. The fraction of sp³-hybridized carbons (Fsp3) is 0.667. The fourth-order valence-electron chi connectivity index (χ4n) is 3.07. The van der Waals surface area contributed by atoms with Crippen LogP contribution in [-0.2, 0) is 10.2 Å². The Morgan fingerprint density at radius 3 is 2.45 bits per heavy atom. The van der Waals surface area contributed by atoms with Gasteiger partial charge in [0.2, 0.25) is 0 Å². The highest BCUT2D eigenvalue weighted by atomic mass is 16.5. The minimum absolute atomic E-state index is 0.203. The van der Waals surface area contributed by atoms with Crippen molar-refractivity contribution >= 4 is 0 Å². The Kier molecular flexibility index (Phi) is 7.86. The van der Waals surface area contributed by atoms with E-state index in [0.29, 0.717) is 5.92 Å². The summed E-state index contributed by atoms with van der Waals surface area (Å²) in [5, 5.41) is 3.64. The molecule has 2 unspecified atom stereocenters. The average molecular weight is 277 g/mol. The van der Waals surface area contributed by atoms with Gasteiger partial charge in [-0.15, -0.1) is 0 Å². The standard InChI is InChI=1S/C18H31NO/c1-5-13-19-15-18(6-2,16(3)12-14-20-4)17-10-8-7-9-11-17/h7-11,16,19H,5-6,12-15H2,1-4H3. The fourth-order valence-corrected chi connectivity index (χ4v) is 3.07. The molecule has 0 aliphatic rings. The Hall–Kier alpha value is -0.860.